The molecule has 0 saturated carbocycles. The third-order valence-corrected chi connectivity index (χ3v) is 4.06. The molecular weight excluding hydrogens is 338 g/mol. The maximum Gasteiger partial charge on any atom is 0.227 e. The van der Waals surface area contributed by atoms with Crippen LogP contribution in [0, 0.1) is 0 Å². The molecule has 4 aromatic rings. The lowest BCUT2D eigenvalue weighted by Crippen LogP contribution is -2.00. The van der Waals surface area contributed by atoms with E-state index in [2.05, 4.69) is 20.4 Å². The predicted molar refractivity (Wildman–Crippen MR) is 97.5 cm³/mol. The summed E-state index contributed by atoms with van der Waals surface area (Å²) in [6, 6.07) is 13.4. The summed E-state index contributed by atoms with van der Waals surface area (Å²) in [5.74, 6) is 1.14. The summed E-state index contributed by atoms with van der Waals surface area (Å²) in [6.07, 6.45) is 5.20. The second-order valence-electron chi connectivity index (χ2n) is 5.30. The van der Waals surface area contributed by atoms with Crippen LogP contribution in [0.5, 0.6) is 5.75 Å². The maximum atomic E-state index is 6.34. The quantitative estimate of drug-likeness (QED) is 0.597. The highest BCUT2D eigenvalue weighted by molar-refractivity contribution is 6.33. The van der Waals surface area contributed by atoms with E-state index in [-0.39, 0.29) is 0 Å². The van der Waals surface area contributed by atoms with Gasteiger partial charge in [0.2, 0.25) is 5.95 Å². The van der Waals surface area contributed by atoms with Gasteiger partial charge >= 0.3 is 0 Å². The molecule has 124 valence electrons. The average Bonchev–Trinajstić information content (AvgIpc) is 3.08. The minimum Gasteiger partial charge on any atom is -0.495 e. The number of para-hydroxylation sites is 2. The topological polar surface area (TPSA) is 64.3 Å². The molecule has 0 saturated heterocycles. The molecule has 0 aliphatic rings. The normalized spacial score (nSPS) is 10.8. The van der Waals surface area contributed by atoms with Gasteiger partial charge in [0.1, 0.15) is 5.75 Å². The molecule has 0 amide bonds. The van der Waals surface area contributed by atoms with E-state index in [1.54, 1.807) is 24.0 Å². The number of ether oxygens (including phenoxy) is 1. The second kappa shape index (κ2) is 6.41. The van der Waals surface area contributed by atoms with Gasteiger partial charge in [0, 0.05) is 11.8 Å². The van der Waals surface area contributed by atoms with E-state index in [1.165, 1.54) is 0 Å². The molecule has 0 fully saturated rings. The first kappa shape index (κ1) is 15.4. The van der Waals surface area contributed by atoms with E-state index < -0.39 is 0 Å². The van der Waals surface area contributed by atoms with E-state index >= 15 is 0 Å². The van der Waals surface area contributed by atoms with Crippen LogP contribution in [0.25, 0.3) is 16.8 Å². The first-order valence-corrected chi connectivity index (χ1v) is 7.99. The van der Waals surface area contributed by atoms with Gasteiger partial charge in [0.15, 0.2) is 0 Å². The number of aromatic nitrogens is 4. The van der Waals surface area contributed by atoms with Crippen LogP contribution >= 0.6 is 11.6 Å². The summed E-state index contributed by atoms with van der Waals surface area (Å²) in [5.41, 5.74) is 3.16. The van der Waals surface area contributed by atoms with Gasteiger partial charge in [-0.25, -0.2) is 14.5 Å². The van der Waals surface area contributed by atoms with E-state index in [9.17, 15) is 0 Å². The summed E-state index contributed by atoms with van der Waals surface area (Å²) in [7, 11) is 1.62. The standard InChI is InChI=1S/C18H14ClN5O/c1-25-16-8-3-2-6-14(16)22-18-20-11-13(19)17(23-18)12-10-21-24-9-5-4-7-15(12)24/h2-11H,1H3,(H,20,22,23). The Hall–Kier alpha value is -3.12. The van der Waals surface area contributed by atoms with E-state index in [0.717, 1.165) is 16.8 Å². The second-order valence-corrected chi connectivity index (χ2v) is 5.71. The third-order valence-electron chi connectivity index (χ3n) is 3.78. The highest BCUT2D eigenvalue weighted by atomic mass is 35.5. The first-order chi connectivity index (χ1) is 12.3. The van der Waals surface area contributed by atoms with Crippen molar-refractivity contribution in [3.05, 3.63) is 66.1 Å². The summed E-state index contributed by atoms with van der Waals surface area (Å²) < 4.78 is 7.12. The number of hydrogen-bond donors (Lipinski definition) is 1. The van der Waals surface area contributed by atoms with Gasteiger partial charge in [0.25, 0.3) is 0 Å². The molecule has 1 N–H and O–H groups in total. The summed E-state index contributed by atoms with van der Waals surface area (Å²) in [5, 5.41) is 7.96. The lowest BCUT2D eigenvalue weighted by Gasteiger charge is -2.10. The zero-order chi connectivity index (χ0) is 17.2. The minimum atomic E-state index is 0.430. The molecule has 3 aromatic heterocycles. The van der Waals surface area contributed by atoms with Crippen LogP contribution in [0.2, 0.25) is 5.02 Å². The van der Waals surface area contributed by atoms with Crippen molar-refractivity contribution in [2.75, 3.05) is 12.4 Å². The Morgan fingerprint density at radius 1 is 1.08 bits per heavy atom. The smallest absolute Gasteiger partial charge is 0.227 e. The maximum absolute atomic E-state index is 6.34. The fourth-order valence-corrected chi connectivity index (χ4v) is 2.79. The van der Waals surface area contributed by atoms with Crippen LogP contribution in [0.1, 0.15) is 0 Å². The summed E-state index contributed by atoms with van der Waals surface area (Å²) in [6.45, 7) is 0. The Bertz CT molecular complexity index is 1050. The van der Waals surface area contributed by atoms with Gasteiger partial charge in [-0.15, -0.1) is 0 Å². The number of anilines is 2. The number of rotatable bonds is 4. The van der Waals surface area contributed by atoms with Crippen LogP contribution in [0.3, 0.4) is 0 Å². The molecule has 1 aromatic carbocycles. The molecule has 0 aliphatic heterocycles. The van der Waals surface area contributed by atoms with Gasteiger partial charge in [-0.3, -0.25) is 0 Å². The van der Waals surface area contributed by atoms with Crippen molar-refractivity contribution in [1.29, 1.82) is 0 Å². The van der Waals surface area contributed by atoms with Gasteiger partial charge in [-0.1, -0.05) is 29.8 Å². The third kappa shape index (κ3) is 2.88. The number of nitrogens with zero attached hydrogens (tertiary/aromatic N) is 4. The molecule has 0 aliphatic carbocycles. The molecule has 0 unspecified atom stereocenters. The molecule has 6 nitrogen and oxygen atoms in total. The molecule has 0 atom stereocenters. The molecule has 0 radical (unpaired) electrons. The van der Waals surface area contributed by atoms with Crippen LogP contribution in [0.4, 0.5) is 11.6 Å². The van der Waals surface area contributed by atoms with Crippen LogP contribution in [0.15, 0.2) is 61.1 Å². The fourth-order valence-electron chi connectivity index (χ4n) is 2.60. The van der Waals surface area contributed by atoms with Gasteiger partial charge in [0.05, 0.1) is 41.4 Å². The first-order valence-electron chi connectivity index (χ1n) is 7.61. The Morgan fingerprint density at radius 2 is 1.92 bits per heavy atom. The molecule has 4 rings (SSSR count). The number of hydrogen-bond acceptors (Lipinski definition) is 5. The number of fused-ring (bicyclic) bond motifs is 1. The highest BCUT2D eigenvalue weighted by Crippen LogP contribution is 2.31. The van der Waals surface area contributed by atoms with Crippen molar-refractivity contribution >= 4 is 28.8 Å². The SMILES string of the molecule is COc1ccccc1Nc1ncc(Cl)c(-c2cnn3ccccc23)n1. The van der Waals surface area contributed by atoms with Gasteiger partial charge in [-0.05, 0) is 24.3 Å². The Kier molecular flexibility index (Phi) is 3.95. The predicted octanol–water partition coefficient (Wildman–Crippen LogP) is 4.20. The average molecular weight is 352 g/mol. The van der Waals surface area contributed by atoms with Crippen molar-refractivity contribution in [3.8, 4) is 17.0 Å². The van der Waals surface area contributed by atoms with Crippen molar-refractivity contribution in [1.82, 2.24) is 19.6 Å². The molecule has 3 heterocycles. The number of pyridine rings is 1. The summed E-state index contributed by atoms with van der Waals surface area (Å²) >= 11 is 6.34. The zero-order valence-electron chi connectivity index (χ0n) is 13.3. The summed E-state index contributed by atoms with van der Waals surface area (Å²) in [4.78, 5) is 8.84. The number of nitrogens with one attached hydrogen (secondary N) is 1. The van der Waals surface area contributed by atoms with Crippen molar-refractivity contribution in [2.24, 2.45) is 0 Å². The molecule has 7 heteroatoms. The van der Waals surface area contributed by atoms with E-state index in [0.29, 0.717) is 22.4 Å². The molecule has 0 spiro atoms. The van der Waals surface area contributed by atoms with Crippen LogP contribution in [-0.4, -0.2) is 26.7 Å². The fraction of sp³-hybridized carbons (Fsp3) is 0.0556. The minimum absolute atomic E-state index is 0.430. The molecule has 25 heavy (non-hydrogen) atoms. The van der Waals surface area contributed by atoms with Gasteiger partial charge < -0.3 is 10.1 Å². The van der Waals surface area contributed by atoms with Crippen LogP contribution in [-0.2, 0) is 0 Å². The lowest BCUT2D eigenvalue weighted by atomic mass is 10.2. The molecule has 0 bridgehead atoms. The molecular formula is C18H14ClN5O. The number of benzene rings is 1. The zero-order valence-corrected chi connectivity index (χ0v) is 14.1. The lowest BCUT2D eigenvalue weighted by molar-refractivity contribution is 0.417. The monoisotopic (exact) mass is 351 g/mol. The number of methoxy groups -OCH3 is 1. The largest absolute Gasteiger partial charge is 0.495 e. The van der Waals surface area contributed by atoms with Crippen LogP contribution < -0.4 is 10.1 Å². The highest BCUT2D eigenvalue weighted by Gasteiger charge is 2.14. The number of halogens is 1. The van der Waals surface area contributed by atoms with Crippen molar-refractivity contribution in [3.63, 3.8) is 0 Å². The Morgan fingerprint density at radius 3 is 2.80 bits per heavy atom. The Balaban J connectivity index is 1.77. The Labute approximate surface area is 149 Å². The van der Waals surface area contributed by atoms with Crippen molar-refractivity contribution < 1.29 is 4.74 Å². The van der Waals surface area contributed by atoms with E-state index in [1.807, 2.05) is 48.7 Å². The van der Waals surface area contributed by atoms with Crippen molar-refractivity contribution in [2.45, 2.75) is 0 Å². The van der Waals surface area contributed by atoms with Gasteiger partial charge in [-0.2, -0.15) is 5.10 Å². The van der Waals surface area contributed by atoms with E-state index in [4.69, 9.17) is 16.3 Å².